The van der Waals surface area contributed by atoms with Crippen LogP contribution in [0.25, 0.3) is 0 Å². The Morgan fingerprint density at radius 3 is 2.22 bits per heavy atom. The van der Waals surface area contributed by atoms with E-state index in [1.54, 1.807) is 13.8 Å². The van der Waals surface area contributed by atoms with Crippen molar-refractivity contribution in [1.29, 1.82) is 0 Å². The van der Waals surface area contributed by atoms with Crippen LogP contribution < -0.4 is 0 Å². The van der Waals surface area contributed by atoms with Crippen LogP contribution >= 0.6 is 23.2 Å². The van der Waals surface area contributed by atoms with Crippen molar-refractivity contribution in [3.05, 3.63) is 27.7 Å². The van der Waals surface area contributed by atoms with Gasteiger partial charge in [0.15, 0.2) is 0 Å². The normalized spacial score (nSPS) is 12.1. The minimum absolute atomic E-state index is 0.0220. The summed E-state index contributed by atoms with van der Waals surface area (Å²) in [6, 6.07) is 2.75. The zero-order valence-corrected chi connectivity index (χ0v) is 12.5. The number of aliphatic hydroxyl groups excluding tert-OH is 1. The number of hydrogen-bond acceptors (Lipinski definition) is 3. The maximum atomic E-state index is 12.3. The first-order valence-corrected chi connectivity index (χ1v) is 7.67. The standard InChI is InChI=1S/C11H15Cl2NO3S/c1-3-14(4-2)18(16,17)10-6-9(12)5-8(7-15)11(10)13/h5-6,15H,3-4,7H2,1-2H3. The second-order valence-corrected chi connectivity index (χ2v) is 6.35. The van der Waals surface area contributed by atoms with Gasteiger partial charge in [0.2, 0.25) is 10.0 Å². The lowest BCUT2D eigenvalue weighted by molar-refractivity contribution is 0.281. The van der Waals surface area contributed by atoms with E-state index in [-0.39, 0.29) is 21.5 Å². The first-order chi connectivity index (χ1) is 8.38. The van der Waals surface area contributed by atoms with Gasteiger partial charge >= 0.3 is 0 Å². The van der Waals surface area contributed by atoms with Gasteiger partial charge in [-0.25, -0.2) is 8.42 Å². The predicted octanol–water partition coefficient (Wildman–Crippen LogP) is 2.52. The molecule has 0 amide bonds. The van der Waals surface area contributed by atoms with Crippen LogP contribution in [-0.2, 0) is 16.6 Å². The zero-order chi connectivity index (χ0) is 13.9. The van der Waals surface area contributed by atoms with Gasteiger partial charge in [0.25, 0.3) is 0 Å². The lowest BCUT2D eigenvalue weighted by Gasteiger charge is -2.20. The molecule has 0 saturated heterocycles. The fourth-order valence-electron chi connectivity index (χ4n) is 1.62. The van der Waals surface area contributed by atoms with E-state index >= 15 is 0 Å². The Kier molecular flexibility index (Phi) is 5.43. The summed E-state index contributed by atoms with van der Waals surface area (Å²) in [5, 5.41) is 9.39. The van der Waals surface area contributed by atoms with Crippen molar-refractivity contribution in [2.75, 3.05) is 13.1 Å². The fourth-order valence-corrected chi connectivity index (χ4v) is 3.98. The van der Waals surface area contributed by atoms with Gasteiger partial charge in [0.05, 0.1) is 11.6 Å². The molecule has 1 aromatic carbocycles. The third-order valence-corrected chi connectivity index (χ3v) is 5.42. The molecule has 7 heteroatoms. The van der Waals surface area contributed by atoms with Crippen molar-refractivity contribution >= 4 is 33.2 Å². The molecule has 18 heavy (non-hydrogen) atoms. The number of hydrogen-bond donors (Lipinski definition) is 1. The molecule has 1 rings (SSSR count). The number of sulfonamides is 1. The summed E-state index contributed by atoms with van der Waals surface area (Å²) >= 11 is 11.8. The second kappa shape index (κ2) is 6.21. The number of halogens is 2. The van der Waals surface area contributed by atoms with Crippen LogP contribution in [0.1, 0.15) is 19.4 Å². The maximum Gasteiger partial charge on any atom is 0.244 e. The summed E-state index contributed by atoms with van der Waals surface area (Å²) in [6.07, 6.45) is 0. The molecule has 0 aliphatic rings. The van der Waals surface area contributed by atoms with Crippen molar-refractivity contribution in [1.82, 2.24) is 4.31 Å². The highest BCUT2D eigenvalue weighted by Gasteiger charge is 2.26. The van der Waals surface area contributed by atoms with Crippen LogP contribution in [0.5, 0.6) is 0 Å². The molecule has 102 valence electrons. The smallest absolute Gasteiger partial charge is 0.244 e. The Hall–Kier alpha value is -0.330. The number of aliphatic hydroxyl groups is 1. The van der Waals surface area contributed by atoms with Crippen LogP contribution in [0.2, 0.25) is 10.0 Å². The van der Waals surface area contributed by atoms with Gasteiger partial charge in [-0.15, -0.1) is 0 Å². The summed E-state index contributed by atoms with van der Waals surface area (Å²) in [6.45, 7) is 3.81. The van der Waals surface area contributed by atoms with Crippen molar-refractivity contribution in [2.45, 2.75) is 25.3 Å². The molecule has 0 atom stereocenters. The van der Waals surface area contributed by atoms with Crippen molar-refractivity contribution in [3.8, 4) is 0 Å². The van der Waals surface area contributed by atoms with Gasteiger partial charge in [-0.2, -0.15) is 4.31 Å². The molecule has 0 spiro atoms. The van der Waals surface area contributed by atoms with Gasteiger partial charge in [-0.1, -0.05) is 37.0 Å². The van der Waals surface area contributed by atoms with Gasteiger partial charge < -0.3 is 5.11 Å². The van der Waals surface area contributed by atoms with Gasteiger partial charge in [-0.05, 0) is 17.7 Å². The summed E-state index contributed by atoms with van der Waals surface area (Å²) in [7, 11) is -3.68. The van der Waals surface area contributed by atoms with E-state index in [2.05, 4.69) is 0 Å². The quantitative estimate of drug-likeness (QED) is 0.909. The molecular weight excluding hydrogens is 297 g/mol. The van der Waals surface area contributed by atoms with Crippen LogP contribution in [0, 0.1) is 0 Å². The Morgan fingerprint density at radius 2 is 1.78 bits per heavy atom. The highest BCUT2D eigenvalue weighted by atomic mass is 35.5. The highest BCUT2D eigenvalue weighted by Crippen LogP contribution is 2.31. The van der Waals surface area contributed by atoms with Crippen molar-refractivity contribution in [2.24, 2.45) is 0 Å². The molecule has 0 bridgehead atoms. The molecule has 0 heterocycles. The van der Waals surface area contributed by atoms with Gasteiger partial charge in [-0.3, -0.25) is 0 Å². The van der Waals surface area contributed by atoms with E-state index in [0.717, 1.165) is 0 Å². The molecular formula is C11H15Cl2NO3S. The van der Waals surface area contributed by atoms with Gasteiger partial charge in [0.1, 0.15) is 4.90 Å². The van der Waals surface area contributed by atoms with Crippen LogP contribution in [0.15, 0.2) is 17.0 Å². The van der Waals surface area contributed by atoms with Crippen molar-refractivity contribution < 1.29 is 13.5 Å². The van der Waals surface area contributed by atoms with Crippen molar-refractivity contribution in [3.63, 3.8) is 0 Å². The molecule has 1 N–H and O–H groups in total. The Bertz CT molecular complexity index is 527. The second-order valence-electron chi connectivity index (χ2n) is 3.62. The molecule has 1 aromatic rings. The van der Waals surface area contributed by atoms with E-state index in [4.69, 9.17) is 28.3 Å². The lowest BCUT2D eigenvalue weighted by Crippen LogP contribution is -2.31. The topological polar surface area (TPSA) is 57.6 Å². The zero-order valence-electron chi connectivity index (χ0n) is 10.2. The third kappa shape index (κ3) is 2.97. The molecule has 0 radical (unpaired) electrons. The van der Waals surface area contributed by atoms with E-state index in [0.29, 0.717) is 18.7 Å². The van der Waals surface area contributed by atoms with E-state index in [1.165, 1.54) is 16.4 Å². The summed E-state index contributed by atoms with van der Waals surface area (Å²) < 4.78 is 26.0. The summed E-state index contributed by atoms with van der Waals surface area (Å²) in [5.41, 5.74) is 0.301. The highest BCUT2D eigenvalue weighted by molar-refractivity contribution is 7.89. The van der Waals surface area contributed by atoms with E-state index in [9.17, 15) is 8.42 Å². The molecule has 0 aliphatic heterocycles. The number of nitrogens with zero attached hydrogens (tertiary/aromatic N) is 1. The first-order valence-electron chi connectivity index (χ1n) is 5.47. The monoisotopic (exact) mass is 311 g/mol. The average molecular weight is 312 g/mol. The van der Waals surface area contributed by atoms with Gasteiger partial charge in [0, 0.05) is 18.1 Å². The summed E-state index contributed by atoms with van der Waals surface area (Å²) in [5.74, 6) is 0. The van der Waals surface area contributed by atoms with Crippen LogP contribution in [0.3, 0.4) is 0 Å². The molecule has 0 aromatic heterocycles. The first kappa shape index (κ1) is 15.7. The molecule has 0 unspecified atom stereocenters. The lowest BCUT2D eigenvalue weighted by atomic mass is 10.2. The Morgan fingerprint density at radius 1 is 1.22 bits per heavy atom. The fraction of sp³-hybridized carbons (Fsp3) is 0.455. The molecule has 0 fully saturated rings. The largest absolute Gasteiger partial charge is 0.392 e. The summed E-state index contributed by atoms with van der Waals surface area (Å²) in [4.78, 5) is -0.0654. The van der Waals surface area contributed by atoms with Crippen LogP contribution in [0.4, 0.5) is 0 Å². The predicted molar refractivity (Wildman–Crippen MR) is 72.5 cm³/mol. The minimum atomic E-state index is -3.68. The Balaban J connectivity index is 3.45. The Labute approximate surface area is 117 Å². The molecule has 4 nitrogen and oxygen atoms in total. The van der Waals surface area contributed by atoms with E-state index < -0.39 is 10.0 Å². The van der Waals surface area contributed by atoms with E-state index in [1.807, 2.05) is 0 Å². The third-order valence-electron chi connectivity index (χ3n) is 2.57. The number of rotatable bonds is 5. The SMILES string of the molecule is CCN(CC)S(=O)(=O)c1cc(Cl)cc(CO)c1Cl. The number of benzene rings is 1. The molecule has 0 saturated carbocycles. The average Bonchev–Trinajstić information content (AvgIpc) is 2.32. The molecule has 0 aliphatic carbocycles. The minimum Gasteiger partial charge on any atom is -0.392 e. The van der Waals surface area contributed by atoms with Crippen LogP contribution in [-0.4, -0.2) is 30.9 Å². The maximum absolute atomic E-state index is 12.3.